The minimum absolute atomic E-state index is 0.0357. The van der Waals surface area contributed by atoms with Gasteiger partial charge >= 0.3 is 0 Å². The summed E-state index contributed by atoms with van der Waals surface area (Å²) >= 11 is 0. The number of nitrogens with one attached hydrogen (secondary N) is 2. The summed E-state index contributed by atoms with van der Waals surface area (Å²) in [5, 5.41) is 13.7. The molecule has 0 unspecified atom stereocenters. The average Bonchev–Trinajstić information content (AvgIpc) is 2.75. The number of amides is 1. The molecule has 32 heavy (non-hydrogen) atoms. The Labute approximate surface area is 184 Å². The molecule has 0 radical (unpaired) electrons. The lowest BCUT2D eigenvalue weighted by molar-refractivity contribution is 0.0995. The summed E-state index contributed by atoms with van der Waals surface area (Å²) in [6.45, 7) is 2.05. The number of aromatic nitrogens is 3. The molecule has 1 aliphatic heterocycles. The molecule has 0 bridgehead atoms. The fraction of sp³-hybridized carbons (Fsp3) is 0.273. The van der Waals surface area contributed by atoms with Crippen molar-refractivity contribution in [3.05, 3.63) is 64.6 Å². The Morgan fingerprint density at radius 3 is 2.84 bits per heavy atom. The Hall–Kier alpha value is -3.63. The maximum absolute atomic E-state index is 14.7. The maximum atomic E-state index is 14.7. The van der Waals surface area contributed by atoms with E-state index < -0.39 is 11.7 Å². The number of likely N-dealkylation sites (N-methyl/N-ethyl adjacent to an activating group) is 1. The normalized spacial score (nSPS) is 13.5. The van der Waals surface area contributed by atoms with Crippen LogP contribution in [0.25, 0.3) is 0 Å². The van der Waals surface area contributed by atoms with Crippen LogP contribution in [0.1, 0.15) is 27.2 Å². The van der Waals surface area contributed by atoms with Crippen molar-refractivity contribution in [3.63, 3.8) is 0 Å². The molecular formula is C22H24FN7O2. The smallest absolute Gasteiger partial charge is 0.273 e. The van der Waals surface area contributed by atoms with Gasteiger partial charge < -0.3 is 26.0 Å². The molecular weight excluding hydrogens is 413 g/mol. The van der Waals surface area contributed by atoms with Gasteiger partial charge in [-0.3, -0.25) is 4.79 Å². The van der Waals surface area contributed by atoms with Crippen LogP contribution in [0.2, 0.25) is 0 Å². The molecule has 0 atom stereocenters. The number of nitrogens with zero attached hydrogens (tertiary/aromatic N) is 4. The number of ether oxygens (including phenoxy) is 1. The van der Waals surface area contributed by atoms with E-state index >= 15 is 0 Å². The van der Waals surface area contributed by atoms with Crippen molar-refractivity contribution in [2.24, 2.45) is 5.73 Å². The minimum atomic E-state index is -0.782. The molecule has 1 aromatic heterocycles. The SMILES string of the molecule is COCc1cccc(Nc2nc(Nc3cc4c(cc3F)CCN(C)C4)nnc2C(N)=O)c1. The summed E-state index contributed by atoms with van der Waals surface area (Å²) < 4.78 is 19.8. The number of hydrogen-bond acceptors (Lipinski definition) is 8. The van der Waals surface area contributed by atoms with Gasteiger partial charge in [0.15, 0.2) is 11.5 Å². The molecule has 4 rings (SSSR count). The van der Waals surface area contributed by atoms with E-state index in [-0.39, 0.29) is 23.1 Å². The molecule has 3 aromatic rings. The van der Waals surface area contributed by atoms with Gasteiger partial charge in [-0.05, 0) is 54.4 Å². The van der Waals surface area contributed by atoms with E-state index in [2.05, 4.69) is 30.7 Å². The summed E-state index contributed by atoms with van der Waals surface area (Å²) in [5.41, 5.74) is 9.17. The Kier molecular flexibility index (Phi) is 6.24. The number of fused-ring (bicyclic) bond motifs is 1. The second kappa shape index (κ2) is 9.25. The highest BCUT2D eigenvalue weighted by molar-refractivity contribution is 5.96. The number of methoxy groups -OCH3 is 1. The van der Waals surface area contributed by atoms with Gasteiger partial charge in [0.05, 0.1) is 12.3 Å². The molecule has 0 saturated heterocycles. The Balaban J connectivity index is 1.63. The van der Waals surface area contributed by atoms with E-state index in [0.29, 0.717) is 12.3 Å². The molecule has 2 heterocycles. The van der Waals surface area contributed by atoms with Crippen molar-refractivity contribution in [2.75, 3.05) is 31.3 Å². The first-order valence-electron chi connectivity index (χ1n) is 10.1. The number of anilines is 4. The molecule has 0 saturated carbocycles. The molecule has 0 fully saturated rings. The quantitative estimate of drug-likeness (QED) is 0.516. The summed E-state index contributed by atoms with van der Waals surface area (Å²) in [5.74, 6) is -1.04. The van der Waals surface area contributed by atoms with Crippen LogP contribution in [0.4, 0.5) is 27.5 Å². The van der Waals surface area contributed by atoms with Crippen LogP contribution in [-0.4, -0.2) is 46.7 Å². The third-order valence-corrected chi connectivity index (χ3v) is 5.16. The van der Waals surface area contributed by atoms with Crippen LogP contribution in [-0.2, 0) is 24.3 Å². The predicted molar refractivity (Wildman–Crippen MR) is 119 cm³/mol. The summed E-state index contributed by atoms with van der Waals surface area (Å²) in [4.78, 5) is 18.3. The second-order valence-corrected chi connectivity index (χ2v) is 7.67. The Bertz CT molecular complexity index is 1160. The fourth-order valence-electron chi connectivity index (χ4n) is 3.61. The number of halogens is 1. The molecule has 1 amide bonds. The number of nitrogens with two attached hydrogens (primary N) is 1. The van der Waals surface area contributed by atoms with Crippen LogP contribution in [0.3, 0.4) is 0 Å². The average molecular weight is 437 g/mol. The molecule has 9 nitrogen and oxygen atoms in total. The Morgan fingerprint density at radius 2 is 2.06 bits per heavy atom. The van der Waals surface area contributed by atoms with E-state index in [1.54, 1.807) is 19.2 Å². The fourth-order valence-corrected chi connectivity index (χ4v) is 3.61. The van der Waals surface area contributed by atoms with Crippen molar-refractivity contribution in [1.29, 1.82) is 0 Å². The lowest BCUT2D eigenvalue weighted by Crippen LogP contribution is -2.26. The van der Waals surface area contributed by atoms with E-state index in [1.165, 1.54) is 6.07 Å². The molecule has 0 spiro atoms. The third-order valence-electron chi connectivity index (χ3n) is 5.16. The molecule has 166 valence electrons. The lowest BCUT2D eigenvalue weighted by atomic mass is 9.99. The third kappa shape index (κ3) is 4.82. The van der Waals surface area contributed by atoms with E-state index in [9.17, 15) is 9.18 Å². The van der Waals surface area contributed by atoms with Crippen LogP contribution in [0.15, 0.2) is 36.4 Å². The first-order chi connectivity index (χ1) is 15.4. The number of primary amides is 1. The second-order valence-electron chi connectivity index (χ2n) is 7.67. The monoisotopic (exact) mass is 437 g/mol. The number of hydrogen-bond donors (Lipinski definition) is 3. The molecule has 0 aliphatic carbocycles. The van der Waals surface area contributed by atoms with Crippen LogP contribution >= 0.6 is 0 Å². The molecule has 1 aliphatic rings. The van der Waals surface area contributed by atoms with Gasteiger partial charge in [-0.1, -0.05) is 12.1 Å². The summed E-state index contributed by atoms with van der Waals surface area (Å²) in [7, 11) is 3.63. The zero-order chi connectivity index (χ0) is 22.7. The highest BCUT2D eigenvalue weighted by atomic mass is 19.1. The maximum Gasteiger partial charge on any atom is 0.273 e. The first kappa shape index (κ1) is 21.6. The Morgan fingerprint density at radius 1 is 1.22 bits per heavy atom. The summed E-state index contributed by atoms with van der Waals surface area (Å²) in [6, 6.07) is 10.7. The van der Waals surface area contributed by atoms with Gasteiger partial charge in [0, 0.05) is 25.9 Å². The van der Waals surface area contributed by atoms with Crippen molar-refractivity contribution < 1.29 is 13.9 Å². The lowest BCUT2D eigenvalue weighted by Gasteiger charge is -2.25. The van der Waals surface area contributed by atoms with E-state index in [1.807, 2.05) is 25.2 Å². The number of carbonyl (C=O) groups is 1. The highest BCUT2D eigenvalue weighted by Gasteiger charge is 2.19. The van der Waals surface area contributed by atoms with Crippen molar-refractivity contribution >= 4 is 29.0 Å². The zero-order valence-electron chi connectivity index (χ0n) is 17.9. The van der Waals surface area contributed by atoms with Crippen molar-refractivity contribution in [2.45, 2.75) is 19.6 Å². The summed E-state index contributed by atoms with van der Waals surface area (Å²) in [6.07, 6.45) is 0.796. The first-order valence-corrected chi connectivity index (χ1v) is 10.1. The highest BCUT2D eigenvalue weighted by Crippen LogP contribution is 2.27. The standard InChI is InChI=1S/C22H24FN7O2/c1-30-7-6-14-9-17(23)18(10-15(14)11-30)26-22-27-21(19(20(24)31)28-29-22)25-16-5-3-4-13(8-16)12-32-2/h3-5,8-10H,6-7,11-12H2,1-2H3,(H2,24,31)(H2,25,26,27,29). The van der Waals surface area contributed by atoms with Gasteiger partial charge in [-0.25, -0.2) is 4.39 Å². The van der Waals surface area contributed by atoms with Crippen LogP contribution in [0.5, 0.6) is 0 Å². The number of rotatable bonds is 7. The molecule has 4 N–H and O–H groups in total. The van der Waals surface area contributed by atoms with Crippen molar-refractivity contribution in [3.8, 4) is 0 Å². The van der Waals surface area contributed by atoms with Gasteiger partial charge in [0.25, 0.3) is 5.91 Å². The van der Waals surface area contributed by atoms with Gasteiger partial charge in [0.2, 0.25) is 5.95 Å². The van der Waals surface area contributed by atoms with Crippen molar-refractivity contribution in [1.82, 2.24) is 20.1 Å². The minimum Gasteiger partial charge on any atom is -0.380 e. The largest absolute Gasteiger partial charge is 0.380 e. The van der Waals surface area contributed by atoms with Gasteiger partial charge in [0.1, 0.15) is 5.82 Å². The number of carbonyl (C=O) groups excluding carboxylic acids is 1. The molecule has 2 aromatic carbocycles. The van der Waals surface area contributed by atoms with Gasteiger partial charge in [-0.2, -0.15) is 4.98 Å². The molecule has 10 heteroatoms. The topological polar surface area (TPSA) is 118 Å². The number of benzene rings is 2. The van der Waals surface area contributed by atoms with E-state index in [0.717, 1.165) is 36.2 Å². The van der Waals surface area contributed by atoms with Gasteiger partial charge in [-0.15, -0.1) is 10.2 Å². The predicted octanol–water partition coefficient (Wildman–Crippen LogP) is 2.73. The van der Waals surface area contributed by atoms with Crippen LogP contribution < -0.4 is 16.4 Å². The van der Waals surface area contributed by atoms with E-state index in [4.69, 9.17) is 10.5 Å². The van der Waals surface area contributed by atoms with Crippen LogP contribution in [0, 0.1) is 5.82 Å². The zero-order valence-corrected chi connectivity index (χ0v) is 17.9.